The number of anilines is 1. The Morgan fingerprint density at radius 3 is 2.75 bits per heavy atom. The molecule has 0 amide bonds. The third-order valence-corrected chi connectivity index (χ3v) is 4.55. The van der Waals surface area contributed by atoms with Gasteiger partial charge in [0.15, 0.2) is 0 Å². The molecule has 108 valence electrons. The molecule has 0 spiro atoms. The molecular formula is C15H19NO3S. The summed E-state index contributed by atoms with van der Waals surface area (Å²) in [5.41, 5.74) is 2.28. The van der Waals surface area contributed by atoms with Crippen LogP contribution in [0.2, 0.25) is 0 Å². The molecule has 0 bridgehead atoms. The van der Waals surface area contributed by atoms with Gasteiger partial charge in [0, 0.05) is 12.0 Å². The van der Waals surface area contributed by atoms with Crippen LogP contribution in [0.1, 0.15) is 30.4 Å². The lowest BCUT2D eigenvalue weighted by molar-refractivity contribution is 0.305. The van der Waals surface area contributed by atoms with Crippen LogP contribution in [0.25, 0.3) is 0 Å². The summed E-state index contributed by atoms with van der Waals surface area (Å²) >= 11 is 0. The van der Waals surface area contributed by atoms with Gasteiger partial charge in [0.25, 0.3) is 0 Å². The molecule has 0 aliphatic heterocycles. The average molecular weight is 293 g/mol. The minimum Gasteiger partial charge on any atom is -0.395 e. The first kappa shape index (κ1) is 14.9. The number of hydrogen-bond donors (Lipinski definition) is 2. The summed E-state index contributed by atoms with van der Waals surface area (Å²) in [6, 6.07) is 5.37. The predicted octanol–water partition coefficient (Wildman–Crippen LogP) is 1.88. The van der Waals surface area contributed by atoms with Crippen LogP contribution in [-0.4, -0.2) is 25.9 Å². The molecular weight excluding hydrogens is 274 g/mol. The Hall–Kier alpha value is -1.51. The van der Waals surface area contributed by atoms with E-state index in [2.05, 4.69) is 16.6 Å². The Balaban J connectivity index is 2.07. The summed E-state index contributed by atoms with van der Waals surface area (Å²) in [7, 11) is -3.25. The molecule has 5 heteroatoms. The van der Waals surface area contributed by atoms with E-state index in [-0.39, 0.29) is 12.4 Å². The standard InChI is InChI=1S/C15H19NO3S/c1-12-10-13(4-2-3-9-17)7-8-15(12)16-20(18,19)11-14-5-6-14/h7-8,10,14,16-17H,3,5-6,9,11H2,1H3. The lowest BCUT2D eigenvalue weighted by atomic mass is 10.1. The number of rotatable bonds is 5. The molecule has 2 N–H and O–H groups in total. The van der Waals surface area contributed by atoms with Crippen LogP contribution in [0.15, 0.2) is 18.2 Å². The number of benzene rings is 1. The Labute approximate surface area is 120 Å². The molecule has 1 saturated carbocycles. The van der Waals surface area contributed by atoms with E-state index in [1.165, 1.54) is 0 Å². The van der Waals surface area contributed by atoms with E-state index in [0.717, 1.165) is 24.0 Å². The Kier molecular flexibility index (Phi) is 4.69. The number of aliphatic hydroxyl groups is 1. The maximum Gasteiger partial charge on any atom is 0.233 e. The molecule has 1 aromatic rings. The van der Waals surface area contributed by atoms with Crippen LogP contribution in [-0.2, 0) is 10.0 Å². The molecule has 0 atom stereocenters. The molecule has 1 aliphatic rings. The second-order valence-electron chi connectivity index (χ2n) is 5.13. The summed E-state index contributed by atoms with van der Waals surface area (Å²) in [5.74, 6) is 6.32. The van der Waals surface area contributed by atoms with E-state index in [1.54, 1.807) is 12.1 Å². The molecule has 0 saturated heterocycles. The molecule has 20 heavy (non-hydrogen) atoms. The molecule has 1 aliphatic carbocycles. The third-order valence-electron chi connectivity index (χ3n) is 3.11. The van der Waals surface area contributed by atoms with Crippen molar-refractivity contribution in [2.75, 3.05) is 17.1 Å². The van der Waals surface area contributed by atoms with Crippen LogP contribution in [0.4, 0.5) is 5.69 Å². The van der Waals surface area contributed by atoms with Crippen LogP contribution in [0, 0.1) is 24.7 Å². The van der Waals surface area contributed by atoms with Crippen molar-refractivity contribution in [3.63, 3.8) is 0 Å². The quantitative estimate of drug-likeness (QED) is 0.815. The summed E-state index contributed by atoms with van der Waals surface area (Å²) in [5, 5.41) is 8.67. The SMILES string of the molecule is Cc1cc(C#CCCO)ccc1NS(=O)(=O)CC1CC1. The number of hydrogen-bond acceptors (Lipinski definition) is 3. The molecule has 2 rings (SSSR count). The fourth-order valence-corrected chi connectivity index (χ4v) is 3.48. The molecule has 0 unspecified atom stereocenters. The highest BCUT2D eigenvalue weighted by atomic mass is 32.2. The van der Waals surface area contributed by atoms with Gasteiger partial charge < -0.3 is 5.11 Å². The Bertz CT molecular complexity index is 637. The highest BCUT2D eigenvalue weighted by Crippen LogP contribution is 2.31. The van der Waals surface area contributed by atoms with Gasteiger partial charge >= 0.3 is 0 Å². The number of nitrogens with one attached hydrogen (secondary N) is 1. The number of aryl methyl sites for hydroxylation is 1. The average Bonchev–Trinajstić information content (AvgIpc) is 3.16. The first-order valence-corrected chi connectivity index (χ1v) is 8.36. The van der Waals surface area contributed by atoms with E-state index < -0.39 is 10.0 Å². The summed E-state index contributed by atoms with van der Waals surface area (Å²) in [4.78, 5) is 0. The van der Waals surface area contributed by atoms with Gasteiger partial charge in [-0.3, -0.25) is 4.72 Å². The van der Waals surface area contributed by atoms with Crippen molar-refractivity contribution in [3.05, 3.63) is 29.3 Å². The first-order chi connectivity index (χ1) is 9.50. The van der Waals surface area contributed by atoms with Crippen molar-refractivity contribution in [2.45, 2.75) is 26.2 Å². The Morgan fingerprint density at radius 1 is 1.40 bits per heavy atom. The largest absolute Gasteiger partial charge is 0.395 e. The number of aliphatic hydroxyl groups excluding tert-OH is 1. The minimum absolute atomic E-state index is 0.0467. The van der Waals surface area contributed by atoms with Crippen LogP contribution < -0.4 is 4.72 Å². The second kappa shape index (κ2) is 6.29. The third kappa shape index (κ3) is 4.55. The van der Waals surface area contributed by atoms with Gasteiger partial charge in [0.1, 0.15) is 0 Å². The van der Waals surface area contributed by atoms with Gasteiger partial charge in [-0.1, -0.05) is 11.8 Å². The second-order valence-corrected chi connectivity index (χ2v) is 6.90. The zero-order chi connectivity index (χ0) is 14.6. The minimum atomic E-state index is -3.25. The molecule has 0 radical (unpaired) electrons. The first-order valence-electron chi connectivity index (χ1n) is 6.71. The van der Waals surface area contributed by atoms with Crippen molar-refractivity contribution in [1.29, 1.82) is 0 Å². The van der Waals surface area contributed by atoms with Crippen molar-refractivity contribution < 1.29 is 13.5 Å². The Morgan fingerprint density at radius 2 is 2.15 bits per heavy atom. The van der Waals surface area contributed by atoms with Gasteiger partial charge in [-0.15, -0.1) is 0 Å². The monoisotopic (exact) mass is 293 g/mol. The maximum absolute atomic E-state index is 11.9. The zero-order valence-electron chi connectivity index (χ0n) is 11.5. The number of sulfonamides is 1. The fourth-order valence-electron chi connectivity index (χ4n) is 1.88. The zero-order valence-corrected chi connectivity index (χ0v) is 12.3. The van der Waals surface area contributed by atoms with Gasteiger partial charge in [-0.05, 0) is 49.4 Å². The van der Waals surface area contributed by atoms with Crippen molar-refractivity contribution >= 4 is 15.7 Å². The lowest BCUT2D eigenvalue weighted by Gasteiger charge is -2.10. The molecule has 0 heterocycles. The summed E-state index contributed by atoms with van der Waals surface area (Å²) in [6.07, 6.45) is 2.47. The van der Waals surface area contributed by atoms with E-state index in [1.807, 2.05) is 13.0 Å². The van der Waals surface area contributed by atoms with Crippen LogP contribution >= 0.6 is 0 Å². The van der Waals surface area contributed by atoms with Gasteiger partial charge in [-0.25, -0.2) is 8.42 Å². The molecule has 0 aromatic heterocycles. The van der Waals surface area contributed by atoms with Gasteiger partial charge in [0.05, 0.1) is 18.0 Å². The van der Waals surface area contributed by atoms with E-state index in [4.69, 9.17) is 5.11 Å². The van der Waals surface area contributed by atoms with Gasteiger partial charge in [-0.2, -0.15) is 0 Å². The topological polar surface area (TPSA) is 66.4 Å². The van der Waals surface area contributed by atoms with Crippen molar-refractivity contribution in [3.8, 4) is 11.8 Å². The highest BCUT2D eigenvalue weighted by Gasteiger charge is 2.28. The molecule has 1 aromatic carbocycles. The van der Waals surface area contributed by atoms with Crippen molar-refractivity contribution in [2.24, 2.45) is 5.92 Å². The molecule has 4 nitrogen and oxygen atoms in total. The van der Waals surface area contributed by atoms with Crippen molar-refractivity contribution in [1.82, 2.24) is 0 Å². The van der Waals surface area contributed by atoms with E-state index in [0.29, 0.717) is 18.0 Å². The summed E-state index contributed by atoms with van der Waals surface area (Å²) in [6.45, 7) is 1.90. The maximum atomic E-state index is 11.9. The van der Waals surface area contributed by atoms with E-state index >= 15 is 0 Å². The van der Waals surface area contributed by atoms with Gasteiger partial charge in [0.2, 0.25) is 10.0 Å². The predicted molar refractivity (Wildman–Crippen MR) is 79.9 cm³/mol. The smallest absolute Gasteiger partial charge is 0.233 e. The highest BCUT2D eigenvalue weighted by molar-refractivity contribution is 7.92. The molecule has 1 fully saturated rings. The van der Waals surface area contributed by atoms with Crippen LogP contribution in [0.5, 0.6) is 0 Å². The van der Waals surface area contributed by atoms with Crippen LogP contribution in [0.3, 0.4) is 0 Å². The van der Waals surface area contributed by atoms with E-state index in [9.17, 15) is 8.42 Å². The lowest BCUT2D eigenvalue weighted by Crippen LogP contribution is -2.18. The fraction of sp³-hybridized carbons (Fsp3) is 0.467. The summed E-state index contributed by atoms with van der Waals surface area (Å²) < 4.78 is 26.5. The normalized spacial score (nSPS) is 14.5.